The molecule has 2 fully saturated rings. The molecule has 1 unspecified atom stereocenters. The molecule has 1 atom stereocenters. The first kappa shape index (κ1) is 17.4. The lowest BCUT2D eigenvalue weighted by Crippen LogP contribution is -2.48. The Labute approximate surface area is 143 Å². The van der Waals surface area contributed by atoms with Gasteiger partial charge in [0.1, 0.15) is 6.10 Å². The molecular weight excluding hydrogens is 330 g/mol. The van der Waals surface area contributed by atoms with E-state index in [1.807, 2.05) is 0 Å². The van der Waals surface area contributed by atoms with Gasteiger partial charge in [-0.2, -0.15) is 4.31 Å². The Morgan fingerprint density at radius 1 is 1.04 bits per heavy atom. The van der Waals surface area contributed by atoms with Crippen molar-refractivity contribution >= 4 is 10.0 Å². The molecule has 0 spiro atoms. The van der Waals surface area contributed by atoms with Gasteiger partial charge in [0.15, 0.2) is 0 Å². The summed E-state index contributed by atoms with van der Waals surface area (Å²) < 4.78 is 38.1. The summed E-state index contributed by atoms with van der Waals surface area (Å²) in [4.78, 5) is 0. The maximum Gasteiger partial charge on any atom is 0.233 e. The van der Waals surface area contributed by atoms with E-state index in [4.69, 9.17) is 9.47 Å². The Bertz CT molecular complexity index is 629. The number of methoxy groups -OCH3 is 1. The third-order valence-electron chi connectivity index (χ3n) is 4.79. The van der Waals surface area contributed by atoms with Crippen molar-refractivity contribution in [1.29, 1.82) is 0 Å². The van der Waals surface area contributed by atoms with Crippen LogP contribution < -0.4 is 9.47 Å². The highest BCUT2D eigenvalue weighted by atomic mass is 32.2. The Kier molecular flexibility index (Phi) is 5.55. The van der Waals surface area contributed by atoms with Crippen LogP contribution in [-0.2, 0) is 10.0 Å². The Balaban J connectivity index is 1.62. The lowest BCUT2D eigenvalue weighted by atomic mass is 10.0. The van der Waals surface area contributed by atoms with Crippen molar-refractivity contribution in [3.63, 3.8) is 0 Å². The van der Waals surface area contributed by atoms with Gasteiger partial charge in [0, 0.05) is 18.7 Å². The summed E-state index contributed by atoms with van der Waals surface area (Å²) in [6.07, 6.45) is 6.19. The molecule has 3 rings (SSSR count). The standard InChI is InChI=1S/C16H25N3O4S/c1-22-15-9-10-16(18-17-15)23-13-6-5-11-19(12-13)24(20,21)14-7-3-2-4-8-14/h9-10,13-14H,2-8,11-12H2,1H3. The Hall–Kier alpha value is -1.41. The molecule has 0 radical (unpaired) electrons. The smallest absolute Gasteiger partial charge is 0.233 e. The topological polar surface area (TPSA) is 81.6 Å². The van der Waals surface area contributed by atoms with Crippen LogP contribution in [0.4, 0.5) is 0 Å². The molecule has 0 N–H and O–H groups in total. The average Bonchev–Trinajstić information content (AvgIpc) is 2.63. The van der Waals surface area contributed by atoms with E-state index in [0.717, 1.165) is 44.9 Å². The van der Waals surface area contributed by atoms with Crippen molar-refractivity contribution < 1.29 is 17.9 Å². The van der Waals surface area contributed by atoms with Crippen LogP contribution in [0.25, 0.3) is 0 Å². The van der Waals surface area contributed by atoms with E-state index in [9.17, 15) is 8.42 Å². The number of nitrogens with zero attached hydrogens (tertiary/aromatic N) is 3. The highest BCUT2D eigenvalue weighted by molar-refractivity contribution is 7.89. The summed E-state index contributed by atoms with van der Waals surface area (Å²) >= 11 is 0. The van der Waals surface area contributed by atoms with Crippen LogP contribution in [-0.4, -0.2) is 54.5 Å². The fourth-order valence-corrected chi connectivity index (χ4v) is 5.56. The summed E-state index contributed by atoms with van der Waals surface area (Å²) in [5.74, 6) is 0.824. The summed E-state index contributed by atoms with van der Waals surface area (Å²) in [7, 11) is -1.70. The van der Waals surface area contributed by atoms with Crippen LogP contribution in [0.15, 0.2) is 12.1 Å². The van der Waals surface area contributed by atoms with Crippen LogP contribution >= 0.6 is 0 Å². The van der Waals surface area contributed by atoms with Crippen molar-refractivity contribution in [2.45, 2.75) is 56.3 Å². The van der Waals surface area contributed by atoms with Crippen molar-refractivity contribution in [3.05, 3.63) is 12.1 Å². The largest absolute Gasteiger partial charge is 0.480 e. The molecule has 1 saturated heterocycles. The van der Waals surface area contributed by atoms with Gasteiger partial charge in [-0.15, -0.1) is 10.2 Å². The van der Waals surface area contributed by atoms with Crippen molar-refractivity contribution in [2.24, 2.45) is 0 Å². The second kappa shape index (κ2) is 7.65. The first-order valence-electron chi connectivity index (χ1n) is 8.63. The Morgan fingerprint density at radius 2 is 1.75 bits per heavy atom. The van der Waals surface area contributed by atoms with E-state index in [1.165, 1.54) is 7.11 Å². The van der Waals surface area contributed by atoms with Crippen molar-refractivity contribution in [2.75, 3.05) is 20.2 Å². The molecule has 1 aromatic rings. The number of ether oxygens (including phenoxy) is 2. The molecule has 0 bridgehead atoms. The highest BCUT2D eigenvalue weighted by Crippen LogP contribution is 2.28. The number of rotatable bonds is 5. The quantitative estimate of drug-likeness (QED) is 0.803. The minimum absolute atomic E-state index is 0.181. The van der Waals surface area contributed by atoms with Gasteiger partial charge in [-0.3, -0.25) is 0 Å². The van der Waals surface area contributed by atoms with Crippen molar-refractivity contribution in [1.82, 2.24) is 14.5 Å². The minimum atomic E-state index is -3.22. The number of hydrogen-bond acceptors (Lipinski definition) is 6. The third-order valence-corrected chi connectivity index (χ3v) is 7.15. The molecule has 2 heterocycles. The van der Waals surface area contributed by atoms with E-state index in [0.29, 0.717) is 24.8 Å². The third kappa shape index (κ3) is 3.97. The van der Waals surface area contributed by atoms with Crippen LogP contribution in [0, 0.1) is 0 Å². The molecule has 0 aromatic carbocycles. The van der Waals surface area contributed by atoms with Gasteiger partial charge in [-0.1, -0.05) is 19.3 Å². The van der Waals surface area contributed by atoms with E-state index < -0.39 is 10.0 Å². The molecule has 1 aliphatic heterocycles. The van der Waals surface area contributed by atoms with Gasteiger partial charge in [0.2, 0.25) is 21.8 Å². The molecule has 1 aromatic heterocycles. The molecule has 24 heavy (non-hydrogen) atoms. The second-order valence-corrected chi connectivity index (χ2v) is 8.67. The zero-order valence-electron chi connectivity index (χ0n) is 14.1. The fraction of sp³-hybridized carbons (Fsp3) is 0.750. The van der Waals surface area contributed by atoms with Gasteiger partial charge >= 0.3 is 0 Å². The Morgan fingerprint density at radius 3 is 2.42 bits per heavy atom. The van der Waals surface area contributed by atoms with E-state index in [-0.39, 0.29) is 11.4 Å². The van der Waals surface area contributed by atoms with Crippen LogP contribution in [0.3, 0.4) is 0 Å². The first-order chi connectivity index (χ1) is 11.6. The van der Waals surface area contributed by atoms with Gasteiger partial charge < -0.3 is 9.47 Å². The predicted octanol–water partition coefficient (Wildman–Crippen LogP) is 1.99. The molecule has 1 aliphatic carbocycles. The average molecular weight is 355 g/mol. The second-order valence-electron chi connectivity index (χ2n) is 6.46. The number of aromatic nitrogens is 2. The number of hydrogen-bond donors (Lipinski definition) is 0. The van der Waals surface area contributed by atoms with Gasteiger partial charge in [-0.05, 0) is 25.7 Å². The maximum absolute atomic E-state index is 12.8. The summed E-state index contributed by atoms with van der Waals surface area (Å²) in [5, 5.41) is 7.61. The monoisotopic (exact) mass is 355 g/mol. The van der Waals surface area contributed by atoms with Crippen LogP contribution in [0.1, 0.15) is 44.9 Å². The zero-order valence-corrected chi connectivity index (χ0v) is 14.9. The van der Waals surface area contributed by atoms with E-state index >= 15 is 0 Å². The zero-order chi connectivity index (χ0) is 17.0. The molecule has 1 saturated carbocycles. The van der Waals surface area contributed by atoms with E-state index in [1.54, 1.807) is 16.4 Å². The summed E-state index contributed by atoms with van der Waals surface area (Å²) in [6, 6.07) is 3.38. The normalized spacial score (nSPS) is 23.8. The lowest BCUT2D eigenvalue weighted by Gasteiger charge is -2.35. The molecule has 2 aliphatic rings. The van der Waals surface area contributed by atoms with Crippen LogP contribution in [0.5, 0.6) is 11.8 Å². The molecule has 0 amide bonds. The maximum atomic E-state index is 12.8. The molecule has 134 valence electrons. The summed E-state index contributed by atoms with van der Waals surface area (Å²) in [6.45, 7) is 0.986. The molecule has 7 nitrogen and oxygen atoms in total. The van der Waals surface area contributed by atoms with Crippen molar-refractivity contribution in [3.8, 4) is 11.8 Å². The van der Waals surface area contributed by atoms with Crippen LogP contribution in [0.2, 0.25) is 0 Å². The molecular formula is C16H25N3O4S. The molecule has 8 heteroatoms. The predicted molar refractivity (Wildman–Crippen MR) is 89.6 cm³/mol. The van der Waals surface area contributed by atoms with Gasteiger partial charge in [0.05, 0.1) is 18.9 Å². The fourth-order valence-electron chi connectivity index (χ4n) is 3.46. The first-order valence-corrected chi connectivity index (χ1v) is 10.1. The number of sulfonamides is 1. The minimum Gasteiger partial charge on any atom is -0.480 e. The summed E-state index contributed by atoms with van der Waals surface area (Å²) in [5.41, 5.74) is 0. The SMILES string of the molecule is COc1ccc(OC2CCCN(S(=O)(=O)C3CCCCC3)C2)nn1. The lowest BCUT2D eigenvalue weighted by molar-refractivity contribution is 0.122. The van der Waals surface area contributed by atoms with Gasteiger partial charge in [-0.25, -0.2) is 8.42 Å². The van der Waals surface area contributed by atoms with Gasteiger partial charge in [0.25, 0.3) is 0 Å². The number of piperidine rings is 1. The van der Waals surface area contributed by atoms with E-state index in [2.05, 4.69) is 10.2 Å². The highest BCUT2D eigenvalue weighted by Gasteiger charge is 2.36.